The Labute approximate surface area is 92.7 Å². The molecule has 0 aliphatic carbocycles. The zero-order valence-electron chi connectivity index (χ0n) is 9.19. The fourth-order valence-electron chi connectivity index (χ4n) is 0.947. The van der Waals surface area contributed by atoms with E-state index in [2.05, 4.69) is 14.8 Å². The van der Waals surface area contributed by atoms with Gasteiger partial charge in [-0.05, 0) is 0 Å². The highest BCUT2D eigenvalue weighted by molar-refractivity contribution is 5.81. The second-order valence-electron chi connectivity index (χ2n) is 2.95. The van der Waals surface area contributed by atoms with Gasteiger partial charge in [0.1, 0.15) is 6.04 Å². The third-order valence-electron chi connectivity index (χ3n) is 1.84. The second-order valence-corrected chi connectivity index (χ2v) is 2.95. The van der Waals surface area contributed by atoms with E-state index in [1.807, 2.05) is 0 Å². The van der Waals surface area contributed by atoms with Gasteiger partial charge in [0.2, 0.25) is 0 Å². The van der Waals surface area contributed by atoms with Crippen LogP contribution in [0.25, 0.3) is 0 Å². The molecule has 0 aliphatic rings. The van der Waals surface area contributed by atoms with Crippen molar-refractivity contribution in [3.05, 3.63) is 0 Å². The maximum atomic E-state index is 10.9. The molecule has 0 bridgehead atoms. The molecule has 0 saturated carbocycles. The molecule has 2 N–H and O–H groups in total. The summed E-state index contributed by atoms with van der Waals surface area (Å²) < 4.78 is 8.72. The number of methoxy groups -OCH3 is 2. The van der Waals surface area contributed by atoms with Crippen molar-refractivity contribution in [3.63, 3.8) is 0 Å². The third-order valence-corrected chi connectivity index (χ3v) is 1.84. The Bertz CT molecular complexity index is 265. The Hall–Kier alpha value is -1.63. The lowest BCUT2D eigenvalue weighted by Crippen LogP contribution is -2.39. The first-order chi connectivity index (χ1) is 7.51. The van der Waals surface area contributed by atoms with E-state index < -0.39 is 23.9 Å². The molecule has 0 spiro atoms. The number of carbonyl (C=O) groups excluding carboxylic acids is 2. The van der Waals surface area contributed by atoms with Crippen molar-refractivity contribution < 1.29 is 29.0 Å². The van der Waals surface area contributed by atoms with Crippen LogP contribution < -0.4 is 5.32 Å². The number of nitrogens with one attached hydrogen (secondary N) is 1. The minimum Gasteiger partial charge on any atom is -0.480 e. The largest absolute Gasteiger partial charge is 0.480 e. The van der Waals surface area contributed by atoms with E-state index in [9.17, 15) is 14.4 Å². The Morgan fingerprint density at radius 1 is 1.19 bits per heavy atom. The summed E-state index contributed by atoms with van der Waals surface area (Å²) in [5, 5.41) is 11.3. The summed E-state index contributed by atoms with van der Waals surface area (Å²) in [7, 11) is 2.42. The van der Waals surface area contributed by atoms with Crippen LogP contribution in [0.15, 0.2) is 0 Å². The number of carbonyl (C=O) groups is 3. The number of ether oxygens (including phenoxy) is 2. The van der Waals surface area contributed by atoms with Crippen molar-refractivity contribution in [3.8, 4) is 0 Å². The molecular formula is C9H15NO6. The van der Waals surface area contributed by atoms with Gasteiger partial charge < -0.3 is 19.9 Å². The number of esters is 2. The highest BCUT2D eigenvalue weighted by Gasteiger charge is 2.21. The molecule has 0 amide bonds. The van der Waals surface area contributed by atoms with Crippen LogP contribution in [0.3, 0.4) is 0 Å². The lowest BCUT2D eigenvalue weighted by molar-refractivity contribution is -0.147. The fraction of sp³-hybridized carbons (Fsp3) is 0.667. The molecule has 0 radical (unpaired) electrons. The molecule has 0 aromatic heterocycles. The van der Waals surface area contributed by atoms with Gasteiger partial charge in [-0.25, -0.2) is 0 Å². The lowest BCUT2D eigenvalue weighted by Gasteiger charge is -2.12. The molecule has 7 heteroatoms. The SMILES string of the molecule is COC(=O)CCN[C@H](CC(=O)OC)C(=O)O. The number of carboxylic acid groups (broad SMARTS) is 1. The van der Waals surface area contributed by atoms with Crippen molar-refractivity contribution in [2.75, 3.05) is 20.8 Å². The van der Waals surface area contributed by atoms with E-state index in [1.165, 1.54) is 14.2 Å². The van der Waals surface area contributed by atoms with Crippen LogP contribution >= 0.6 is 0 Å². The van der Waals surface area contributed by atoms with Crippen LogP contribution in [-0.4, -0.2) is 49.8 Å². The molecule has 0 aromatic rings. The summed E-state index contributed by atoms with van der Waals surface area (Å²) in [6, 6.07) is -1.06. The molecule has 0 unspecified atom stereocenters. The van der Waals surface area contributed by atoms with Gasteiger partial charge in [0.25, 0.3) is 0 Å². The van der Waals surface area contributed by atoms with Crippen molar-refractivity contribution in [1.82, 2.24) is 5.32 Å². The van der Waals surface area contributed by atoms with E-state index >= 15 is 0 Å². The van der Waals surface area contributed by atoms with Crippen molar-refractivity contribution >= 4 is 17.9 Å². The minimum absolute atomic E-state index is 0.0431. The molecule has 0 heterocycles. The van der Waals surface area contributed by atoms with Gasteiger partial charge in [0.15, 0.2) is 0 Å². The Kier molecular flexibility index (Phi) is 6.86. The van der Waals surface area contributed by atoms with Crippen molar-refractivity contribution in [1.29, 1.82) is 0 Å². The smallest absolute Gasteiger partial charge is 0.321 e. The summed E-state index contributed by atoms with van der Waals surface area (Å²) in [4.78, 5) is 32.3. The van der Waals surface area contributed by atoms with Crippen LogP contribution in [0.2, 0.25) is 0 Å². The van der Waals surface area contributed by atoms with Gasteiger partial charge in [-0.15, -0.1) is 0 Å². The zero-order valence-corrected chi connectivity index (χ0v) is 9.19. The van der Waals surface area contributed by atoms with Crippen molar-refractivity contribution in [2.45, 2.75) is 18.9 Å². The Morgan fingerprint density at radius 2 is 1.75 bits per heavy atom. The molecular weight excluding hydrogens is 218 g/mol. The summed E-state index contributed by atoms with van der Waals surface area (Å²) >= 11 is 0. The molecule has 0 saturated heterocycles. The quantitative estimate of drug-likeness (QED) is 0.552. The topological polar surface area (TPSA) is 102 Å². The van der Waals surface area contributed by atoms with E-state index in [4.69, 9.17) is 5.11 Å². The first-order valence-corrected chi connectivity index (χ1v) is 4.61. The maximum absolute atomic E-state index is 10.9. The maximum Gasteiger partial charge on any atom is 0.321 e. The minimum atomic E-state index is -1.17. The predicted molar refractivity (Wildman–Crippen MR) is 52.7 cm³/mol. The average Bonchev–Trinajstić information content (AvgIpc) is 2.26. The molecule has 7 nitrogen and oxygen atoms in total. The molecule has 0 aliphatic heterocycles. The van der Waals surface area contributed by atoms with Crippen LogP contribution in [-0.2, 0) is 23.9 Å². The van der Waals surface area contributed by atoms with E-state index in [1.54, 1.807) is 0 Å². The monoisotopic (exact) mass is 233 g/mol. The van der Waals surface area contributed by atoms with Gasteiger partial charge >= 0.3 is 17.9 Å². The Morgan fingerprint density at radius 3 is 2.19 bits per heavy atom. The highest BCUT2D eigenvalue weighted by atomic mass is 16.5. The summed E-state index contributed by atoms with van der Waals surface area (Å²) in [5.41, 5.74) is 0. The Balaban J connectivity index is 4.00. The fourth-order valence-corrected chi connectivity index (χ4v) is 0.947. The van der Waals surface area contributed by atoms with Gasteiger partial charge in [-0.3, -0.25) is 14.4 Å². The second kappa shape index (κ2) is 7.63. The first kappa shape index (κ1) is 14.4. The molecule has 0 fully saturated rings. The summed E-state index contributed by atoms with van der Waals surface area (Å²) in [6.45, 7) is 0.126. The van der Waals surface area contributed by atoms with Gasteiger partial charge in [0.05, 0.1) is 27.1 Å². The van der Waals surface area contributed by atoms with Crippen LogP contribution in [0.1, 0.15) is 12.8 Å². The average molecular weight is 233 g/mol. The van der Waals surface area contributed by atoms with E-state index in [0.29, 0.717) is 0 Å². The highest BCUT2D eigenvalue weighted by Crippen LogP contribution is 1.95. The molecule has 0 aromatic carbocycles. The van der Waals surface area contributed by atoms with Gasteiger partial charge in [-0.2, -0.15) is 0 Å². The number of hydrogen-bond donors (Lipinski definition) is 2. The third kappa shape index (κ3) is 5.97. The summed E-state index contributed by atoms with van der Waals surface area (Å²) in [5.74, 6) is -2.25. The lowest BCUT2D eigenvalue weighted by atomic mass is 10.2. The zero-order chi connectivity index (χ0) is 12.6. The number of carboxylic acids is 1. The summed E-state index contributed by atoms with van der Waals surface area (Å²) in [6.07, 6.45) is -0.242. The van der Waals surface area contributed by atoms with E-state index in [-0.39, 0.29) is 19.4 Å². The standard InChI is InChI=1S/C9H15NO6/c1-15-7(11)3-4-10-6(9(13)14)5-8(12)16-2/h6,10H,3-5H2,1-2H3,(H,13,14)/t6-/m1/s1. The first-order valence-electron chi connectivity index (χ1n) is 4.61. The molecule has 16 heavy (non-hydrogen) atoms. The molecule has 1 atom stereocenters. The molecule has 92 valence electrons. The van der Waals surface area contributed by atoms with Crippen LogP contribution in [0.5, 0.6) is 0 Å². The normalized spacial score (nSPS) is 11.6. The van der Waals surface area contributed by atoms with Crippen molar-refractivity contribution in [2.24, 2.45) is 0 Å². The number of rotatable bonds is 7. The molecule has 0 rings (SSSR count). The van der Waals surface area contributed by atoms with Crippen LogP contribution in [0, 0.1) is 0 Å². The number of aliphatic carboxylic acids is 1. The predicted octanol–water partition coefficient (Wildman–Crippen LogP) is -0.845. The van der Waals surface area contributed by atoms with Gasteiger partial charge in [-0.1, -0.05) is 0 Å². The van der Waals surface area contributed by atoms with Gasteiger partial charge in [0, 0.05) is 6.54 Å². The van der Waals surface area contributed by atoms with Crippen LogP contribution in [0.4, 0.5) is 0 Å². The number of hydrogen-bond acceptors (Lipinski definition) is 6. The van der Waals surface area contributed by atoms with E-state index in [0.717, 1.165) is 0 Å².